The maximum atomic E-state index is 8.43. The summed E-state index contributed by atoms with van der Waals surface area (Å²) in [7, 11) is 3.56. The molecule has 0 aromatic carbocycles. The Balaban J connectivity index is 2.27. The van der Waals surface area contributed by atoms with Gasteiger partial charge >= 0.3 is 0 Å². The molecule has 3 N–H and O–H groups in total. The molecule has 1 aromatic rings. The molecule has 0 aliphatic rings. The summed E-state index contributed by atoms with van der Waals surface area (Å²) in [5, 5.41) is 17.4. The van der Waals surface area contributed by atoms with Crippen LogP contribution in [0.5, 0.6) is 0 Å². The molecule has 1 heterocycles. The predicted molar refractivity (Wildman–Crippen MR) is 70.0 cm³/mol. The molecule has 0 bridgehead atoms. The summed E-state index contributed by atoms with van der Waals surface area (Å²) >= 11 is 5.87. The lowest BCUT2D eigenvalue weighted by Crippen LogP contribution is -2.32. The number of guanidine groups is 1. The molecule has 18 heavy (non-hydrogen) atoms. The largest absolute Gasteiger partial charge is 0.359 e. The molecule has 0 aliphatic heterocycles. The van der Waals surface area contributed by atoms with E-state index in [0.717, 1.165) is 5.82 Å². The highest BCUT2D eigenvalue weighted by molar-refractivity contribution is 6.29. The van der Waals surface area contributed by atoms with E-state index in [2.05, 4.69) is 25.9 Å². The minimum atomic E-state index is 0.458. The lowest BCUT2D eigenvalue weighted by molar-refractivity contribution is 0.643. The molecule has 1 rings (SSSR count). The van der Waals surface area contributed by atoms with Crippen LogP contribution >= 0.6 is 11.6 Å². The fourth-order valence-corrected chi connectivity index (χ4v) is 1.42. The molecule has 1 aromatic heterocycles. The van der Waals surface area contributed by atoms with Gasteiger partial charge in [0.05, 0.1) is 19.3 Å². The van der Waals surface area contributed by atoms with Crippen LogP contribution in [0.4, 0.5) is 0 Å². The van der Waals surface area contributed by atoms with Crippen LogP contribution in [-0.2, 0) is 13.6 Å². The number of nitrogens with zero attached hydrogens (tertiary/aromatic N) is 4. The van der Waals surface area contributed by atoms with Crippen molar-refractivity contribution in [3.63, 3.8) is 0 Å². The maximum Gasteiger partial charge on any atom is 0.204 e. The number of hydrogen-bond donors (Lipinski definition) is 3. The van der Waals surface area contributed by atoms with E-state index in [4.69, 9.17) is 16.9 Å². The van der Waals surface area contributed by atoms with Crippen LogP contribution in [0.2, 0.25) is 5.15 Å². The van der Waals surface area contributed by atoms with Crippen LogP contribution < -0.4 is 16.0 Å². The lowest BCUT2D eigenvalue weighted by atomic mass is 10.5. The van der Waals surface area contributed by atoms with E-state index in [9.17, 15) is 0 Å². The van der Waals surface area contributed by atoms with Crippen molar-refractivity contribution in [1.82, 2.24) is 25.5 Å². The van der Waals surface area contributed by atoms with Crippen LogP contribution in [0.15, 0.2) is 11.2 Å². The molecular weight excluding hydrogens is 254 g/mol. The average Bonchev–Trinajstić information content (AvgIpc) is 2.69. The zero-order chi connectivity index (χ0) is 13.4. The van der Waals surface area contributed by atoms with Crippen molar-refractivity contribution < 1.29 is 0 Å². The van der Waals surface area contributed by atoms with Gasteiger partial charge in [-0.15, -0.1) is 0 Å². The highest BCUT2D eigenvalue weighted by Gasteiger charge is 2.02. The fraction of sp³-hybridized carbons (Fsp3) is 0.500. The molecule has 7 nitrogen and oxygen atoms in total. The van der Waals surface area contributed by atoms with Crippen molar-refractivity contribution in [3.8, 4) is 6.19 Å². The Morgan fingerprint density at radius 1 is 1.67 bits per heavy atom. The normalized spacial score (nSPS) is 11.1. The molecule has 0 saturated heterocycles. The average molecular weight is 270 g/mol. The topological polar surface area (TPSA) is 90.1 Å². The Morgan fingerprint density at radius 2 is 2.44 bits per heavy atom. The zero-order valence-electron chi connectivity index (χ0n) is 10.4. The minimum absolute atomic E-state index is 0.458. The first kappa shape index (κ1) is 14.3. The van der Waals surface area contributed by atoms with E-state index >= 15 is 0 Å². The summed E-state index contributed by atoms with van der Waals surface area (Å²) in [6, 6.07) is 0. The van der Waals surface area contributed by atoms with E-state index in [1.165, 1.54) is 0 Å². The number of nitrogens with one attached hydrogen (secondary N) is 3. The second kappa shape index (κ2) is 7.53. The van der Waals surface area contributed by atoms with Crippen molar-refractivity contribution in [1.29, 1.82) is 5.26 Å². The van der Waals surface area contributed by atoms with Gasteiger partial charge in [-0.05, 0) is 0 Å². The number of aliphatic imine (C=N–C) groups is 1. The zero-order valence-corrected chi connectivity index (χ0v) is 11.1. The quantitative estimate of drug-likeness (QED) is 0.227. The van der Waals surface area contributed by atoms with Gasteiger partial charge in [0, 0.05) is 20.6 Å². The lowest BCUT2D eigenvalue weighted by Gasteiger charge is -2.05. The summed E-state index contributed by atoms with van der Waals surface area (Å²) in [4.78, 5) is 8.31. The fourth-order valence-electron chi connectivity index (χ4n) is 1.27. The molecule has 0 aliphatic carbocycles. The van der Waals surface area contributed by atoms with Gasteiger partial charge in [-0.25, -0.2) is 4.98 Å². The number of rotatable bonds is 5. The number of hydrogen-bond acceptors (Lipinski definition) is 4. The monoisotopic (exact) mass is 269 g/mol. The van der Waals surface area contributed by atoms with Gasteiger partial charge in [0.2, 0.25) is 5.96 Å². The summed E-state index contributed by atoms with van der Waals surface area (Å²) < 4.78 is 1.81. The SMILES string of the molecule is CNC(=NCCNCc1ncc(Cl)n1C)NC#N. The first-order chi connectivity index (χ1) is 8.69. The van der Waals surface area contributed by atoms with Crippen LogP contribution in [-0.4, -0.2) is 35.6 Å². The van der Waals surface area contributed by atoms with Crippen molar-refractivity contribution in [3.05, 3.63) is 17.2 Å². The van der Waals surface area contributed by atoms with E-state index in [1.807, 2.05) is 11.6 Å². The smallest absolute Gasteiger partial charge is 0.204 e. The molecule has 0 saturated carbocycles. The van der Waals surface area contributed by atoms with Crippen LogP contribution in [0.1, 0.15) is 5.82 Å². The summed E-state index contributed by atoms with van der Waals surface area (Å²) in [6.07, 6.45) is 3.42. The predicted octanol–water partition coefficient (Wildman–Crippen LogP) is -0.191. The molecule has 0 amide bonds. The van der Waals surface area contributed by atoms with Gasteiger partial charge in [-0.3, -0.25) is 10.3 Å². The molecular formula is C10H16ClN7. The van der Waals surface area contributed by atoms with Gasteiger partial charge in [-0.1, -0.05) is 11.6 Å². The number of halogens is 1. The molecule has 0 unspecified atom stereocenters. The Labute approximate surface area is 111 Å². The van der Waals surface area contributed by atoms with E-state index in [1.54, 1.807) is 19.4 Å². The molecule has 0 spiro atoms. The van der Waals surface area contributed by atoms with Gasteiger partial charge in [0.1, 0.15) is 11.0 Å². The minimum Gasteiger partial charge on any atom is -0.359 e. The third-order valence-corrected chi connectivity index (χ3v) is 2.63. The Kier molecular flexibility index (Phi) is 5.97. The van der Waals surface area contributed by atoms with Gasteiger partial charge in [0.25, 0.3) is 0 Å². The second-order valence-corrected chi connectivity index (χ2v) is 3.84. The highest BCUT2D eigenvalue weighted by Crippen LogP contribution is 2.08. The third kappa shape index (κ3) is 4.24. The molecule has 0 fully saturated rings. The number of nitriles is 1. The van der Waals surface area contributed by atoms with Crippen molar-refractivity contribution in [2.45, 2.75) is 6.54 Å². The van der Waals surface area contributed by atoms with Gasteiger partial charge in [-0.2, -0.15) is 5.26 Å². The van der Waals surface area contributed by atoms with Crippen molar-refractivity contribution in [2.75, 3.05) is 20.1 Å². The Hall–Kier alpha value is -1.78. The molecule has 0 radical (unpaired) electrons. The van der Waals surface area contributed by atoms with Crippen molar-refractivity contribution in [2.24, 2.45) is 12.0 Å². The van der Waals surface area contributed by atoms with Gasteiger partial charge < -0.3 is 15.2 Å². The van der Waals surface area contributed by atoms with Crippen LogP contribution in [0.25, 0.3) is 0 Å². The standard InChI is InChI=1S/C10H16ClN7/c1-13-10(17-7-12)15-4-3-14-6-9-16-5-8(11)18(9)2/h5,14H,3-4,6H2,1-2H3,(H2,13,15,17). The highest BCUT2D eigenvalue weighted by atomic mass is 35.5. The maximum absolute atomic E-state index is 8.43. The molecule has 8 heteroatoms. The van der Waals surface area contributed by atoms with Gasteiger partial charge in [0.15, 0.2) is 6.19 Å². The van der Waals surface area contributed by atoms with Crippen LogP contribution in [0, 0.1) is 11.5 Å². The third-order valence-electron chi connectivity index (χ3n) is 2.28. The number of imidazole rings is 1. The first-order valence-electron chi connectivity index (χ1n) is 5.43. The van der Waals surface area contributed by atoms with E-state index in [-0.39, 0.29) is 0 Å². The van der Waals surface area contributed by atoms with Crippen LogP contribution in [0.3, 0.4) is 0 Å². The molecule has 98 valence electrons. The Bertz CT molecular complexity index is 446. The van der Waals surface area contributed by atoms with Crippen molar-refractivity contribution >= 4 is 17.6 Å². The summed E-state index contributed by atoms with van der Waals surface area (Å²) in [6.45, 7) is 1.87. The van der Waals surface area contributed by atoms with E-state index in [0.29, 0.717) is 30.7 Å². The Morgan fingerprint density at radius 3 is 3.00 bits per heavy atom. The summed E-state index contributed by atoms with van der Waals surface area (Å²) in [5.41, 5.74) is 0. The second-order valence-electron chi connectivity index (χ2n) is 3.45. The molecule has 0 atom stereocenters. The number of aromatic nitrogens is 2. The van der Waals surface area contributed by atoms with E-state index < -0.39 is 0 Å². The summed E-state index contributed by atoms with van der Waals surface area (Å²) in [5.74, 6) is 1.33. The first-order valence-corrected chi connectivity index (χ1v) is 5.81.